The van der Waals surface area contributed by atoms with Gasteiger partial charge < -0.3 is 54.2 Å². The van der Waals surface area contributed by atoms with Crippen molar-refractivity contribution in [3.05, 3.63) is 29.8 Å². The van der Waals surface area contributed by atoms with E-state index in [1.54, 1.807) is 12.1 Å². The van der Waals surface area contributed by atoms with Gasteiger partial charge in [-0.05, 0) is 43.4 Å². The highest BCUT2D eigenvalue weighted by Gasteiger charge is 2.31. The highest BCUT2D eigenvalue weighted by Crippen LogP contribution is 2.11. The molecule has 226 valence electrons. The molecule has 17 heteroatoms. The van der Waals surface area contributed by atoms with E-state index in [0.717, 1.165) is 0 Å². The summed E-state index contributed by atoms with van der Waals surface area (Å²) in [5, 5.41) is 34.4. The molecule has 0 fully saturated rings. The molecule has 0 aliphatic rings. The Morgan fingerprint density at radius 1 is 0.805 bits per heavy atom. The first kappa shape index (κ1) is 34.1. The molecule has 0 spiro atoms. The van der Waals surface area contributed by atoms with Crippen molar-refractivity contribution in [2.24, 2.45) is 27.9 Å². The molecule has 0 bridgehead atoms. The van der Waals surface area contributed by atoms with Crippen LogP contribution in [-0.4, -0.2) is 87.6 Å². The van der Waals surface area contributed by atoms with Crippen molar-refractivity contribution in [2.75, 3.05) is 6.54 Å². The molecule has 0 aliphatic carbocycles. The second-order valence-electron chi connectivity index (χ2n) is 9.05. The maximum Gasteiger partial charge on any atom is 0.326 e. The molecule has 1 aromatic rings. The Morgan fingerprint density at radius 2 is 1.37 bits per heavy atom. The highest BCUT2D eigenvalue weighted by atomic mass is 16.4. The van der Waals surface area contributed by atoms with Gasteiger partial charge in [-0.25, -0.2) is 4.79 Å². The smallest absolute Gasteiger partial charge is 0.326 e. The van der Waals surface area contributed by atoms with Gasteiger partial charge in [-0.1, -0.05) is 12.1 Å². The average molecular weight is 581 g/mol. The van der Waals surface area contributed by atoms with Crippen LogP contribution in [0.25, 0.3) is 0 Å². The number of carboxylic acids is 2. The van der Waals surface area contributed by atoms with Crippen LogP contribution in [0, 0.1) is 0 Å². The fourth-order valence-corrected chi connectivity index (χ4v) is 3.51. The molecule has 0 radical (unpaired) electrons. The number of nitrogens with zero attached hydrogens (tertiary/aromatic N) is 1. The molecule has 14 N–H and O–H groups in total. The van der Waals surface area contributed by atoms with Gasteiger partial charge in [-0.3, -0.25) is 29.0 Å². The van der Waals surface area contributed by atoms with Gasteiger partial charge in [-0.15, -0.1) is 0 Å². The molecular formula is C24H36N8O9. The van der Waals surface area contributed by atoms with E-state index in [-0.39, 0.29) is 37.5 Å². The Kier molecular flexibility index (Phi) is 14.1. The number of hydrogen-bond acceptors (Lipinski definition) is 9. The Labute approximate surface area is 234 Å². The molecule has 0 saturated carbocycles. The van der Waals surface area contributed by atoms with E-state index in [1.807, 2.05) is 0 Å². The molecule has 17 nitrogen and oxygen atoms in total. The number of aliphatic imine (C=N–C) groups is 1. The third kappa shape index (κ3) is 13.6. The number of hydrogen-bond donors (Lipinski definition) is 10. The minimum absolute atomic E-state index is 0.0235. The minimum Gasteiger partial charge on any atom is -0.508 e. The quantitative estimate of drug-likeness (QED) is 0.0461. The van der Waals surface area contributed by atoms with Crippen molar-refractivity contribution >= 4 is 41.5 Å². The molecule has 0 heterocycles. The average Bonchev–Trinajstić information content (AvgIpc) is 2.88. The van der Waals surface area contributed by atoms with Crippen molar-refractivity contribution in [3.63, 3.8) is 0 Å². The number of carbonyl (C=O) groups excluding carboxylic acids is 4. The Hall–Kier alpha value is -4.93. The van der Waals surface area contributed by atoms with Crippen LogP contribution >= 0.6 is 0 Å². The number of aliphatic carboxylic acids is 2. The number of rotatable bonds is 18. The third-order valence-electron chi connectivity index (χ3n) is 5.61. The van der Waals surface area contributed by atoms with Gasteiger partial charge in [0.25, 0.3) is 0 Å². The van der Waals surface area contributed by atoms with Gasteiger partial charge in [0.2, 0.25) is 23.6 Å². The second kappa shape index (κ2) is 16.9. The molecule has 0 saturated heterocycles. The third-order valence-corrected chi connectivity index (χ3v) is 5.61. The largest absolute Gasteiger partial charge is 0.508 e. The number of phenols is 1. The first-order valence-electron chi connectivity index (χ1n) is 12.4. The van der Waals surface area contributed by atoms with E-state index in [0.29, 0.717) is 5.56 Å². The number of phenolic OH excluding ortho intramolecular Hbond substituents is 1. The summed E-state index contributed by atoms with van der Waals surface area (Å²) in [6, 6.07) is 0.302. The predicted molar refractivity (Wildman–Crippen MR) is 144 cm³/mol. The lowest BCUT2D eigenvalue weighted by Crippen LogP contribution is -2.58. The van der Waals surface area contributed by atoms with Crippen LogP contribution in [0.5, 0.6) is 5.75 Å². The lowest BCUT2D eigenvalue weighted by atomic mass is 10.0. The summed E-state index contributed by atoms with van der Waals surface area (Å²) in [7, 11) is 0. The van der Waals surface area contributed by atoms with Gasteiger partial charge in [0, 0.05) is 13.0 Å². The number of nitrogens with one attached hydrogen (secondary N) is 3. The first-order valence-corrected chi connectivity index (χ1v) is 12.4. The first-order chi connectivity index (χ1) is 19.2. The zero-order valence-corrected chi connectivity index (χ0v) is 22.1. The van der Waals surface area contributed by atoms with Gasteiger partial charge in [0.1, 0.15) is 23.9 Å². The summed E-state index contributed by atoms with van der Waals surface area (Å²) < 4.78 is 0. The van der Waals surface area contributed by atoms with Gasteiger partial charge >= 0.3 is 11.9 Å². The Morgan fingerprint density at radius 3 is 1.90 bits per heavy atom. The maximum absolute atomic E-state index is 13.2. The van der Waals surface area contributed by atoms with E-state index in [2.05, 4.69) is 20.9 Å². The predicted octanol–water partition coefficient (Wildman–Crippen LogP) is -3.41. The Bertz CT molecular complexity index is 1120. The molecule has 1 aromatic carbocycles. The van der Waals surface area contributed by atoms with Crippen LogP contribution < -0.4 is 38.9 Å². The van der Waals surface area contributed by atoms with Crippen molar-refractivity contribution in [2.45, 2.75) is 62.7 Å². The van der Waals surface area contributed by atoms with E-state index in [9.17, 15) is 39.0 Å². The summed E-state index contributed by atoms with van der Waals surface area (Å²) in [4.78, 5) is 76.4. The number of primary amides is 1. The lowest BCUT2D eigenvalue weighted by Gasteiger charge is -2.24. The van der Waals surface area contributed by atoms with Crippen LogP contribution in [0.3, 0.4) is 0 Å². The topological polar surface area (TPSA) is 316 Å². The molecule has 4 unspecified atom stereocenters. The minimum atomic E-state index is -1.64. The normalized spacial score (nSPS) is 13.5. The fourth-order valence-electron chi connectivity index (χ4n) is 3.51. The van der Waals surface area contributed by atoms with Crippen molar-refractivity contribution in [3.8, 4) is 5.75 Å². The number of benzene rings is 1. The van der Waals surface area contributed by atoms with Crippen LogP contribution in [0.4, 0.5) is 0 Å². The summed E-state index contributed by atoms with van der Waals surface area (Å²) in [5.74, 6) is -6.76. The lowest BCUT2D eigenvalue weighted by molar-refractivity contribution is -0.143. The number of carboxylic acid groups (broad SMARTS) is 2. The van der Waals surface area contributed by atoms with Crippen LogP contribution in [0.2, 0.25) is 0 Å². The summed E-state index contributed by atoms with van der Waals surface area (Å²) in [5.41, 5.74) is 22.4. The number of aromatic hydroxyl groups is 1. The van der Waals surface area contributed by atoms with Crippen molar-refractivity contribution in [1.29, 1.82) is 0 Å². The van der Waals surface area contributed by atoms with Gasteiger partial charge in [-0.2, -0.15) is 0 Å². The van der Waals surface area contributed by atoms with Crippen molar-refractivity contribution in [1.82, 2.24) is 16.0 Å². The molecule has 1 rings (SSSR count). The number of nitrogens with two attached hydrogens (primary N) is 4. The Balaban J connectivity index is 3.05. The molecule has 0 aliphatic heterocycles. The zero-order valence-electron chi connectivity index (χ0n) is 22.1. The molecule has 4 atom stereocenters. The van der Waals surface area contributed by atoms with Gasteiger partial charge in [0.05, 0.1) is 12.5 Å². The van der Waals surface area contributed by atoms with Gasteiger partial charge in [0.15, 0.2) is 5.96 Å². The summed E-state index contributed by atoms with van der Waals surface area (Å²) in [6.45, 7) is 0.0939. The molecule has 0 aromatic heterocycles. The highest BCUT2D eigenvalue weighted by molar-refractivity contribution is 5.96. The summed E-state index contributed by atoms with van der Waals surface area (Å²) in [6.07, 6.45) is -1.52. The molecule has 41 heavy (non-hydrogen) atoms. The summed E-state index contributed by atoms with van der Waals surface area (Å²) >= 11 is 0. The number of amides is 4. The van der Waals surface area contributed by atoms with E-state index in [1.165, 1.54) is 12.1 Å². The van der Waals surface area contributed by atoms with Crippen LogP contribution in [0.1, 0.15) is 37.7 Å². The van der Waals surface area contributed by atoms with E-state index >= 15 is 0 Å². The monoisotopic (exact) mass is 580 g/mol. The van der Waals surface area contributed by atoms with E-state index < -0.39 is 79.0 Å². The number of carbonyl (C=O) groups is 6. The number of guanidine groups is 1. The van der Waals surface area contributed by atoms with Crippen molar-refractivity contribution < 1.29 is 44.1 Å². The van der Waals surface area contributed by atoms with Crippen LogP contribution in [-0.2, 0) is 35.2 Å². The SMILES string of the molecule is NC(=O)CC(NC(=O)C(CCCN=C(N)N)NC(=O)C(N)Cc1ccc(O)cc1)C(=O)NC(CCC(=O)O)C(=O)O. The molecule has 4 amide bonds. The molecular weight excluding hydrogens is 544 g/mol. The maximum atomic E-state index is 13.2. The second-order valence-corrected chi connectivity index (χ2v) is 9.05. The fraction of sp³-hybridized carbons (Fsp3) is 0.458. The zero-order chi connectivity index (χ0) is 31.1. The van der Waals surface area contributed by atoms with E-state index in [4.69, 9.17) is 28.0 Å². The standard InChI is InChI=1S/C24H36N8O9/c25-14(10-12-3-5-13(33)6-4-12)20(37)30-15(2-1-9-29-24(27)28)21(38)32-17(11-18(26)34)22(39)31-16(23(40)41)7-8-19(35)36/h3-6,14-17,33H,1-2,7-11,25H2,(H2,26,34)(H,30,37)(H,31,39)(H,32,38)(H,35,36)(H,40,41)(H4,27,28,29). The van der Waals surface area contributed by atoms with Crippen LogP contribution in [0.15, 0.2) is 29.3 Å².